The van der Waals surface area contributed by atoms with Crippen molar-refractivity contribution in [3.63, 3.8) is 0 Å². The van der Waals surface area contributed by atoms with Crippen LogP contribution in [0.1, 0.15) is 5.69 Å². The Morgan fingerprint density at radius 1 is 1.50 bits per heavy atom. The molecule has 11 heteroatoms. The molecule has 8 nitrogen and oxygen atoms in total. The van der Waals surface area contributed by atoms with Crippen LogP contribution in [0.25, 0.3) is 11.8 Å². The van der Waals surface area contributed by atoms with Crippen molar-refractivity contribution >= 4 is 57.9 Å². The predicted molar refractivity (Wildman–Crippen MR) is 100 cm³/mol. The number of benzene rings is 1. The number of ether oxygens (including phenoxy) is 1. The minimum absolute atomic E-state index is 0.188. The van der Waals surface area contributed by atoms with Crippen molar-refractivity contribution in [1.29, 1.82) is 0 Å². The summed E-state index contributed by atoms with van der Waals surface area (Å²) in [6.07, 6.45) is 3.10. The minimum Gasteiger partial charge on any atom is -0.494 e. The lowest BCUT2D eigenvalue weighted by molar-refractivity contribution is -0.140. The number of thiocarbonyl (C=S) groups is 1. The first-order valence-corrected chi connectivity index (χ1v) is 8.72. The number of carboxylic acid groups (broad SMARTS) is 1. The molecular weight excluding hydrogens is 400 g/mol. The Bertz CT molecular complexity index is 943. The third-order valence-corrected chi connectivity index (χ3v) is 4.96. The number of halogens is 1. The highest BCUT2D eigenvalue weighted by molar-refractivity contribution is 8.26. The van der Waals surface area contributed by atoms with Gasteiger partial charge < -0.3 is 9.84 Å². The van der Waals surface area contributed by atoms with Crippen LogP contribution in [0.2, 0.25) is 5.02 Å². The molecule has 0 radical (unpaired) electrons. The number of hydrogen-bond acceptors (Lipinski definition) is 7. The quantitative estimate of drug-likeness (QED) is 0.592. The second kappa shape index (κ2) is 7.44. The zero-order valence-electron chi connectivity index (χ0n) is 13.2. The molecule has 1 fully saturated rings. The second-order valence-corrected chi connectivity index (χ2v) is 7.18. The van der Waals surface area contributed by atoms with Crippen LogP contribution >= 0.6 is 35.6 Å². The Morgan fingerprint density at radius 2 is 2.27 bits per heavy atom. The molecule has 1 N–H and O–H groups in total. The molecule has 2 heterocycles. The highest BCUT2D eigenvalue weighted by Gasteiger charge is 2.33. The maximum absolute atomic E-state index is 12.3. The van der Waals surface area contributed by atoms with Gasteiger partial charge in [-0.15, -0.1) is 5.10 Å². The molecule has 134 valence electrons. The number of carbonyl (C=O) groups excluding carboxylic acids is 1. The number of rotatable bonds is 5. The topological polar surface area (TPSA) is 97.6 Å². The zero-order valence-corrected chi connectivity index (χ0v) is 15.6. The summed E-state index contributed by atoms with van der Waals surface area (Å²) in [5.74, 6) is -1.06. The summed E-state index contributed by atoms with van der Waals surface area (Å²) >= 11 is 12.1. The van der Waals surface area contributed by atoms with Gasteiger partial charge in [0.25, 0.3) is 5.91 Å². The molecule has 2 aromatic rings. The standard InChI is InChI=1S/C15H11ClN4O4S2/c1-24-11-3-2-8(16)4-10(11)20-6-9(17-18-20)5-12-14(23)19(7-13(21)22)15(25)26-12/h2-6H,7H2,1H3,(H,21,22)/b12-5-. The number of nitrogens with zero attached hydrogens (tertiary/aromatic N) is 4. The fourth-order valence-corrected chi connectivity index (χ4v) is 3.61. The number of aromatic nitrogens is 3. The molecule has 0 bridgehead atoms. The highest BCUT2D eigenvalue weighted by atomic mass is 35.5. The Hall–Kier alpha value is -2.43. The molecule has 26 heavy (non-hydrogen) atoms. The van der Waals surface area contributed by atoms with Crippen LogP contribution < -0.4 is 4.74 Å². The maximum Gasteiger partial charge on any atom is 0.323 e. The first-order valence-electron chi connectivity index (χ1n) is 7.12. The fraction of sp³-hybridized carbons (Fsp3) is 0.133. The van der Waals surface area contributed by atoms with E-state index in [2.05, 4.69) is 10.3 Å². The van der Waals surface area contributed by atoms with Crippen molar-refractivity contribution in [2.45, 2.75) is 0 Å². The normalized spacial score (nSPS) is 15.8. The van der Waals surface area contributed by atoms with Crippen LogP contribution in [0, 0.1) is 0 Å². The van der Waals surface area contributed by atoms with E-state index in [0.717, 1.165) is 16.7 Å². The molecule has 1 aromatic heterocycles. The van der Waals surface area contributed by atoms with Gasteiger partial charge in [-0.2, -0.15) is 0 Å². The second-order valence-electron chi connectivity index (χ2n) is 5.07. The third-order valence-electron chi connectivity index (χ3n) is 3.34. The smallest absolute Gasteiger partial charge is 0.323 e. The largest absolute Gasteiger partial charge is 0.494 e. The van der Waals surface area contributed by atoms with E-state index < -0.39 is 18.4 Å². The van der Waals surface area contributed by atoms with E-state index in [1.165, 1.54) is 17.9 Å². The Balaban J connectivity index is 1.88. The summed E-state index contributed by atoms with van der Waals surface area (Å²) in [4.78, 5) is 24.4. The van der Waals surface area contributed by atoms with E-state index in [1.807, 2.05) is 0 Å². The lowest BCUT2D eigenvalue weighted by atomic mass is 10.3. The van der Waals surface area contributed by atoms with Gasteiger partial charge in [-0.3, -0.25) is 14.5 Å². The molecule has 1 amide bonds. The first kappa shape index (κ1) is 18.4. The third kappa shape index (κ3) is 3.71. The van der Waals surface area contributed by atoms with Crippen LogP contribution in [0.4, 0.5) is 0 Å². The summed E-state index contributed by atoms with van der Waals surface area (Å²) in [6, 6.07) is 5.07. The van der Waals surface area contributed by atoms with Crippen LogP contribution in [0.15, 0.2) is 29.3 Å². The van der Waals surface area contributed by atoms with Gasteiger partial charge >= 0.3 is 5.97 Å². The number of carboxylic acids is 1. The van der Waals surface area contributed by atoms with Crippen molar-refractivity contribution in [2.24, 2.45) is 0 Å². The average molecular weight is 411 g/mol. The number of hydrogen-bond donors (Lipinski definition) is 1. The van der Waals surface area contributed by atoms with Gasteiger partial charge in [0, 0.05) is 5.02 Å². The van der Waals surface area contributed by atoms with Gasteiger partial charge in [-0.05, 0) is 24.3 Å². The number of carbonyl (C=O) groups is 2. The van der Waals surface area contributed by atoms with Crippen LogP contribution in [0.5, 0.6) is 5.75 Å². The van der Waals surface area contributed by atoms with E-state index in [4.69, 9.17) is 33.7 Å². The van der Waals surface area contributed by atoms with Crippen molar-refractivity contribution < 1.29 is 19.4 Å². The number of thioether (sulfide) groups is 1. The summed E-state index contributed by atoms with van der Waals surface area (Å²) in [5.41, 5.74) is 0.994. The van der Waals surface area contributed by atoms with Crippen molar-refractivity contribution in [2.75, 3.05) is 13.7 Å². The molecule has 0 spiro atoms. The summed E-state index contributed by atoms with van der Waals surface area (Å²) < 4.78 is 6.93. The molecular formula is C15H11ClN4O4S2. The number of amides is 1. The molecule has 0 aliphatic carbocycles. The van der Waals surface area contributed by atoms with E-state index in [0.29, 0.717) is 22.2 Å². The Morgan fingerprint density at radius 3 is 2.96 bits per heavy atom. The molecule has 3 rings (SSSR count). The average Bonchev–Trinajstić information content (AvgIpc) is 3.15. The molecule has 0 atom stereocenters. The van der Waals surface area contributed by atoms with Crippen molar-refractivity contribution in [3.8, 4) is 11.4 Å². The van der Waals surface area contributed by atoms with Crippen LogP contribution in [-0.4, -0.2) is 54.9 Å². The van der Waals surface area contributed by atoms with Crippen molar-refractivity contribution in [3.05, 3.63) is 40.0 Å². The molecule has 0 unspecified atom stereocenters. The van der Waals surface area contributed by atoms with E-state index in [9.17, 15) is 9.59 Å². The summed E-state index contributed by atoms with van der Waals surface area (Å²) in [5, 5.41) is 17.4. The Labute approximate surface area is 162 Å². The lowest BCUT2D eigenvalue weighted by Crippen LogP contribution is -2.33. The van der Waals surface area contributed by atoms with Gasteiger partial charge in [0.2, 0.25) is 0 Å². The van der Waals surface area contributed by atoms with E-state index in [-0.39, 0.29) is 9.23 Å². The minimum atomic E-state index is -1.14. The maximum atomic E-state index is 12.3. The van der Waals surface area contributed by atoms with Gasteiger partial charge in [0.1, 0.15) is 28.0 Å². The molecule has 1 aliphatic rings. The van der Waals surface area contributed by atoms with Gasteiger partial charge in [0.15, 0.2) is 0 Å². The summed E-state index contributed by atoms with van der Waals surface area (Å²) in [6.45, 7) is -0.478. The van der Waals surface area contributed by atoms with E-state index >= 15 is 0 Å². The molecule has 1 saturated heterocycles. The first-order chi connectivity index (χ1) is 12.4. The highest BCUT2D eigenvalue weighted by Crippen LogP contribution is 2.32. The van der Waals surface area contributed by atoms with Gasteiger partial charge in [-0.25, -0.2) is 4.68 Å². The molecule has 1 aromatic carbocycles. The SMILES string of the molecule is COc1ccc(Cl)cc1-n1cc(/C=C2\SC(=S)N(CC(=O)O)C2=O)nn1. The summed E-state index contributed by atoms with van der Waals surface area (Å²) in [7, 11) is 1.53. The predicted octanol–water partition coefficient (Wildman–Crippen LogP) is 2.22. The molecule has 1 aliphatic heterocycles. The van der Waals surface area contributed by atoms with Crippen molar-refractivity contribution in [1.82, 2.24) is 19.9 Å². The van der Waals surface area contributed by atoms with Gasteiger partial charge in [-0.1, -0.05) is 40.8 Å². The number of aliphatic carboxylic acids is 1. The zero-order chi connectivity index (χ0) is 18.8. The van der Waals surface area contributed by atoms with E-state index in [1.54, 1.807) is 24.4 Å². The number of methoxy groups -OCH3 is 1. The van der Waals surface area contributed by atoms with Gasteiger partial charge in [0.05, 0.1) is 18.2 Å². The van der Waals surface area contributed by atoms with Crippen LogP contribution in [0.3, 0.4) is 0 Å². The monoisotopic (exact) mass is 410 g/mol. The van der Waals surface area contributed by atoms with Crippen LogP contribution in [-0.2, 0) is 9.59 Å². The Kier molecular flexibility index (Phi) is 5.25. The lowest BCUT2D eigenvalue weighted by Gasteiger charge is -2.09. The molecule has 0 saturated carbocycles. The fourth-order valence-electron chi connectivity index (χ4n) is 2.21.